The lowest BCUT2D eigenvalue weighted by Crippen LogP contribution is -2.26. The van der Waals surface area contributed by atoms with E-state index in [4.69, 9.17) is 0 Å². The summed E-state index contributed by atoms with van der Waals surface area (Å²) in [7, 11) is 0. The van der Waals surface area contributed by atoms with Gasteiger partial charge >= 0.3 is 0 Å². The van der Waals surface area contributed by atoms with Crippen molar-refractivity contribution < 1.29 is 4.79 Å². The van der Waals surface area contributed by atoms with Gasteiger partial charge in [-0.3, -0.25) is 9.89 Å². The Labute approximate surface area is 115 Å². The summed E-state index contributed by atoms with van der Waals surface area (Å²) in [6.45, 7) is 4.56. The van der Waals surface area contributed by atoms with E-state index in [1.165, 1.54) is 0 Å². The third kappa shape index (κ3) is 3.85. The first-order valence-corrected chi connectivity index (χ1v) is 7.17. The quantitative estimate of drug-likeness (QED) is 0.839. The number of nitrogens with one attached hydrogen (secondary N) is 2. The fourth-order valence-corrected chi connectivity index (χ4v) is 2.30. The van der Waals surface area contributed by atoms with Crippen molar-refractivity contribution in [3.8, 4) is 0 Å². The van der Waals surface area contributed by atoms with Crippen LogP contribution in [0, 0.1) is 6.92 Å². The molecule has 7 heteroatoms. The van der Waals surface area contributed by atoms with E-state index in [2.05, 4.69) is 32.4 Å². The molecule has 2 heterocycles. The van der Waals surface area contributed by atoms with E-state index in [0.29, 0.717) is 6.54 Å². The van der Waals surface area contributed by atoms with E-state index in [-0.39, 0.29) is 11.7 Å². The Balaban J connectivity index is 1.80. The van der Waals surface area contributed by atoms with Crippen LogP contribution < -0.4 is 5.32 Å². The van der Waals surface area contributed by atoms with Crippen LogP contribution in [-0.2, 0) is 12.8 Å². The number of amides is 1. The summed E-state index contributed by atoms with van der Waals surface area (Å²) in [5.41, 5.74) is 1.00. The maximum Gasteiger partial charge on any atom is 0.290 e. The van der Waals surface area contributed by atoms with E-state index in [0.717, 1.165) is 35.8 Å². The molecule has 0 spiro atoms. The summed E-state index contributed by atoms with van der Waals surface area (Å²) in [5.74, 6) is 0.714. The molecule has 0 saturated heterocycles. The zero-order valence-electron chi connectivity index (χ0n) is 11.1. The first-order chi connectivity index (χ1) is 9.19. The third-order valence-electron chi connectivity index (χ3n) is 2.55. The molecule has 0 atom stereocenters. The van der Waals surface area contributed by atoms with Crippen molar-refractivity contribution in [3.05, 3.63) is 27.7 Å². The van der Waals surface area contributed by atoms with Gasteiger partial charge in [0.15, 0.2) is 0 Å². The number of hydrogen-bond acceptors (Lipinski definition) is 5. The Morgan fingerprint density at radius 2 is 2.26 bits per heavy atom. The molecule has 0 bridgehead atoms. The number of carbonyl (C=O) groups is 1. The van der Waals surface area contributed by atoms with Gasteiger partial charge in [0.2, 0.25) is 5.82 Å². The first-order valence-electron chi connectivity index (χ1n) is 6.29. The van der Waals surface area contributed by atoms with E-state index in [9.17, 15) is 4.79 Å². The van der Waals surface area contributed by atoms with E-state index < -0.39 is 0 Å². The number of carbonyl (C=O) groups excluding carboxylic acids is 1. The monoisotopic (exact) mass is 279 g/mol. The molecule has 2 aromatic heterocycles. The van der Waals surface area contributed by atoms with E-state index >= 15 is 0 Å². The second-order valence-electron chi connectivity index (χ2n) is 4.22. The van der Waals surface area contributed by atoms with Crippen LogP contribution in [0.2, 0.25) is 0 Å². The van der Waals surface area contributed by atoms with Gasteiger partial charge in [-0.1, -0.05) is 6.92 Å². The van der Waals surface area contributed by atoms with Crippen molar-refractivity contribution >= 4 is 17.2 Å². The van der Waals surface area contributed by atoms with Crippen LogP contribution in [0.5, 0.6) is 0 Å². The molecule has 0 aliphatic heterocycles. The molecule has 102 valence electrons. The Kier molecular flexibility index (Phi) is 4.62. The lowest BCUT2D eigenvalue weighted by molar-refractivity contribution is 0.0944. The summed E-state index contributed by atoms with van der Waals surface area (Å²) in [5, 5.41) is 12.5. The Hall–Kier alpha value is -1.76. The predicted molar refractivity (Wildman–Crippen MR) is 73.3 cm³/mol. The highest BCUT2D eigenvalue weighted by Gasteiger charge is 2.11. The highest BCUT2D eigenvalue weighted by Crippen LogP contribution is 2.07. The molecule has 0 aliphatic rings. The Bertz CT molecular complexity index is 548. The van der Waals surface area contributed by atoms with Crippen LogP contribution in [0.3, 0.4) is 0 Å². The minimum Gasteiger partial charge on any atom is -0.349 e. The SMILES string of the molecule is CCCc1nc(C(=O)NCCc2csc(C)n2)n[nH]1. The van der Waals surface area contributed by atoms with Crippen LogP contribution in [0.1, 0.15) is 40.5 Å². The molecule has 2 aromatic rings. The van der Waals surface area contributed by atoms with Gasteiger partial charge in [0.1, 0.15) is 5.82 Å². The molecule has 6 nitrogen and oxygen atoms in total. The zero-order valence-corrected chi connectivity index (χ0v) is 11.9. The average molecular weight is 279 g/mol. The van der Waals surface area contributed by atoms with Gasteiger partial charge in [-0.25, -0.2) is 9.97 Å². The van der Waals surface area contributed by atoms with Gasteiger partial charge < -0.3 is 5.32 Å². The number of nitrogens with zero attached hydrogens (tertiary/aromatic N) is 3. The van der Waals surface area contributed by atoms with Crippen molar-refractivity contribution in [2.75, 3.05) is 6.54 Å². The molecule has 0 unspecified atom stereocenters. The predicted octanol–water partition coefficient (Wildman–Crippen LogP) is 1.49. The summed E-state index contributed by atoms with van der Waals surface area (Å²) in [6, 6.07) is 0. The first kappa shape index (κ1) is 13.7. The lowest BCUT2D eigenvalue weighted by atomic mass is 10.3. The Morgan fingerprint density at radius 3 is 2.95 bits per heavy atom. The summed E-state index contributed by atoms with van der Waals surface area (Å²) >= 11 is 1.61. The number of thiazole rings is 1. The highest BCUT2D eigenvalue weighted by atomic mass is 32.1. The zero-order chi connectivity index (χ0) is 13.7. The van der Waals surface area contributed by atoms with Gasteiger partial charge in [-0.2, -0.15) is 0 Å². The fourth-order valence-electron chi connectivity index (χ4n) is 1.65. The van der Waals surface area contributed by atoms with Crippen molar-refractivity contribution in [1.82, 2.24) is 25.5 Å². The third-order valence-corrected chi connectivity index (χ3v) is 3.38. The largest absolute Gasteiger partial charge is 0.349 e. The molecule has 2 N–H and O–H groups in total. The van der Waals surface area contributed by atoms with Gasteiger partial charge in [0, 0.05) is 24.8 Å². The number of aryl methyl sites for hydroxylation is 2. The summed E-state index contributed by atoms with van der Waals surface area (Å²) in [4.78, 5) is 20.3. The molecule has 0 saturated carbocycles. The van der Waals surface area contributed by atoms with Crippen molar-refractivity contribution in [1.29, 1.82) is 0 Å². The normalized spacial score (nSPS) is 10.6. The lowest BCUT2D eigenvalue weighted by Gasteiger charge is -2.00. The van der Waals surface area contributed by atoms with Crippen LogP contribution in [-0.4, -0.2) is 32.6 Å². The highest BCUT2D eigenvalue weighted by molar-refractivity contribution is 7.09. The van der Waals surface area contributed by atoms with Gasteiger partial charge in [-0.15, -0.1) is 16.4 Å². The van der Waals surface area contributed by atoms with Gasteiger partial charge in [0.25, 0.3) is 5.91 Å². The molecule has 2 rings (SSSR count). The van der Waals surface area contributed by atoms with Crippen LogP contribution in [0.15, 0.2) is 5.38 Å². The summed E-state index contributed by atoms with van der Waals surface area (Å²) in [6.07, 6.45) is 2.50. The number of rotatable bonds is 6. The molecule has 0 aromatic carbocycles. The molecular weight excluding hydrogens is 262 g/mol. The second-order valence-corrected chi connectivity index (χ2v) is 5.28. The molecule has 1 amide bonds. The van der Waals surface area contributed by atoms with Crippen LogP contribution >= 0.6 is 11.3 Å². The minimum absolute atomic E-state index is 0.206. The summed E-state index contributed by atoms with van der Waals surface area (Å²) < 4.78 is 0. The van der Waals surface area contributed by atoms with E-state index in [1.807, 2.05) is 12.3 Å². The van der Waals surface area contributed by atoms with E-state index in [1.54, 1.807) is 11.3 Å². The maximum atomic E-state index is 11.8. The molecule has 19 heavy (non-hydrogen) atoms. The van der Waals surface area contributed by atoms with Crippen LogP contribution in [0.4, 0.5) is 0 Å². The van der Waals surface area contributed by atoms with Crippen LogP contribution in [0.25, 0.3) is 0 Å². The molecule has 0 fully saturated rings. The van der Waals surface area contributed by atoms with Crippen molar-refractivity contribution in [3.63, 3.8) is 0 Å². The topological polar surface area (TPSA) is 83.6 Å². The van der Waals surface area contributed by atoms with Gasteiger partial charge in [-0.05, 0) is 13.3 Å². The van der Waals surface area contributed by atoms with Crippen molar-refractivity contribution in [2.24, 2.45) is 0 Å². The van der Waals surface area contributed by atoms with Gasteiger partial charge in [0.05, 0.1) is 10.7 Å². The fraction of sp³-hybridized carbons (Fsp3) is 0.500. The maximum absolute atomic E-state index is 11.8. The number of hydrogen-bond donors (Lipinski definition) is 2. The molecular formula is C12H17N5OS. The number of aromatic amines is 1. The standard InChI is InChI=1S/C12H17N5OS/c1-3-4-10-15-11(17-16-10)12(18)13-6-5-9-7-19-8(2)14-9/h7H,3-6H2,1-2H3,(H,13,18)(H,15,16,17). The molecule has 0 radical (unpaired) electrons. The average Bonchev–Trinajstić information content (AvgIpc) is 2.99. The number of H-pyrrole nitrogens is 1. The number of aromatic nitrogens is 4. The smallest absolute Gasteiger partial charge is 0.290 e. The minimum atomic E-state index is -0.245. The molecule has 0 aliphatic carbocycles. The second kappa shape index (κ2) is 6.42. The Morgan fingerprint density at radius 1 is 1.42 bits per heavy atom. The van der Waals surface area contributed by atoms with Crippen molar-refractivity contribution in [2.45, 2.75) is 33.1 Å².